The maximum Gasteiger partial charge on any atom is 0.274 e. The SMILES string of the molecule is Cc1ccc(F)c(OC2CCN(C(=O)Cn3nc(C(=O)N4C[C@@H](C)O[C@@H](C)C4)c4c3CCC4)CC2)c1. The molecule has 3 aliphatic rings. The third-order valence-corrected chi connectivity index (χ3v) is 7.38. The lowest BCUT2D eigenvalue weighted by Gasteiger charge is -2.35. The van der Waals surface area contributed by atoms with Crippen LogP contribution in [0, 0.1) is 12.7 Å². The third-order valence-electron chi connectivity index (χ3n) is 7.38. The second-order valence-electron chi connectivity index (χ2n) is 10.4. The molecular formula is C27H35FN4O4. The number of aryl methyl sites for hydroxylation is 1. The normalized spacial score (nSPS) is 22.6. The van der Waals surface area contributed by atoms with E-state index in [1.54, 1.807) is 16.8 Å². The van der Waals surface area contributed by atoms with Crippen molar-refractivity contribution in [2.45, 2.75) is 77.7 Å². The van der Waals surface area contributed by atoms with Crippen LogP contribution in [0.25, 0.3) is 0 Å². The third kappa shape index (κ3) is 5.12. The van der Waals surface area contributed by atoms with Gasteiger partial charge in [-0.2, -0.15) is 5.10 Å². The quantitative estimate of drug-likeness (QED) is 0.633. The van der Waals surface area contributed by atoms with E-state index in [-0.39, 0.29) is 48.2 Å². The van der Waals surface area contributed by atoms with E-state index in [0.717, 1.165) is 36.1 Å². The molecule has 0 spiro atoms. The van der Waals surface area contributed by atoms with Crippen molar-refractivity contribution < 1.29 is 23.5 Å². The van der Waals surface area contributed by atoms with Gasteiger partial charge in [-0.1, -0.05) is 6.07 Å². The van der Waals surface area contributed by atoms with Gasteiger partial charge in [-0.15, -0.1) is 0 Å². The van der Waals surface area contributed by atoms with Crippen molar-refractivity contribution in [3.63, 3.8) is 0 Å². The number of carbonyl (C=O) groups is 2. The summed E-state index contributed by atoms with van der Waals surface area (Å²) in [5.41, 5.74) is 3.44. The number of aromatic nitrogens is 2. The average molecular weight is 499 g/mol. The Kier molecular flexibility index (Phi) is 7.01. The van der Waals surface area contributed by atoms with Gasteiger partial charge < -0.3 is 19.3 Å². The molecule has 1 aliphatic carbocycles. The van der Waals surface area contributed by atoms with E-state index in [4.69, 9.17) is 9.47 Å². The van der Waals surface area contributed by atoms with Crippen LogP contribution in [0.15, 0.2) is 18.2 Å². The second kappa shape index (κ2) is 10.2. The molecule has 2 amide bonds. The summed E-state index contributed by atoms with van der Waals surface area (Å²) in [6, 6.07) is 4.85. The van der Waals surface area contributed by atoms with E-state index in [1.165, 1.54) is 6.07 Å². The summed E-state index contributed by atoms with van der Waals surface area (Å²) in [4.78, 5) is 30.1. The molecule has 1 aromatic carbocycles. The minimum atomic E-state index is -0.363. The first-order chi connectivity index (χ1) is 17.3. The van der Waals surface area contributed by atoms with Gasteiger partial charge in [0.1, 0.15) is 12.6 Å². The molecule has 0 radical (unpaired) electrons. The molecule has 0 saturated carbocycles. The van der Waals surface area contributed by atoms with Gasteiger partial charge in [-0.05, 0) is 57.7 Å². The Balaban J connectivity index is 1.22. The monoisotopic (exact) mass is 498 g/mol. The van der Waals surface area contributed by atoms with Crippen LogP contribution in [-0.4, -0.2) is 75.9 Å². The Hall–Kier alpha value is -2.94. The predicted molar refractivity (Wildman–Crippen MR) is 132 cm³/mol. The predicted octanol–water partition coefficient (Wildman–Crippen LogP) is 3.14. The molecule has 2 aromatic rings. The number of carbonyl (C=O) groups excluding carboxylic acids is 2. The maximum absolute atomic E-state index is 14.1. The van der Waals surface area contributed by atoms with Gasteiger partial charge in [0.25, 0.3) is 5.91 Å². The van der Waals surface area contributed by atoms with Crippen LogP contribution < -0.4 is 4.74 Å². The minimum Gasteiger partial charge on any atom is -0.487 e. The maximum atomic E-state index is 14.1. The van der Waals surface area contributed by atoms with Gasteiger partial charge in [0.05, 0.1) is 12.2 Å². The number of hydrogen-bond donors (Lipinski definition) is 0. The van der Waals surface area contributed by atoms with Crippen molar-refractivity contribution >= 4 is 11.8 Å². The zero-order valence-corrected chi connectivity index (χ0v) is 21.3. The number of ether oxygens (including phenoxy) is 2. The van der Waals surface area contributed by atoms with E-state index >= 15 is 0 Å². The molecule has 2 atom stereocenters. The molecule has 2 saturated heterocycles. The van der Waals surface area contributed by atoms with E-state index in [2.05, 4.69) is 5.10 Å². The van der Waals surface area contributed by atoms with Crippen molar-refractivity contribution in [2.75, 3.05) is 26.2 Å². The fraction of sp³-hybridized carbons (Fsp3) is 0.593. The van der Waals surface area contributed by atoms with E-state index in [9.17, 15) is 14.0 Å². The van der Waals surface area contributed by atoms with Crippen LogP contribution >= 0.6 is 0 Å². The number of piperidine rings is 1. The molecule has 36 heavy (non-hydrogen) atoms. The number of morpholine rings is 1. The van der Waals surface area contributed by atoms with Crippen LogP contribution in [-0.2, 0) is 28.9 Å². The van der Waals surface area contributed by atoms with Gasteiger partial charge in [-0.25, -0.2) is 4.39 Å². The molecule has 2 fully saturated rings. The van der Waals surface area contributed by atoms with Gasteiger partial charge in [-0.3, -0.25) is 14.3 Å². The van der Waals surface area contributed by atoms with E-state index in [0.29, 0.717) is 44.7 Å². The van der Waals surface area contributed by atoms with Crippen LogP contribution in [0.1, 0.15) is 60.4 Å². The fourth-order valence-electron chi connectivity index (χ4n) is 5.64. The molecule has 194 valence electrons. The topological polar surface area (TPSA) is 76.9 Å². The standard InChI is InChI=1S/C27H35FN4O4/c1-17-7-8-22(28)24(13-17)36-20-9-11-30(12-10-20)25(33)16-32-23-6-4-5-21(23)26(29-32)27(34)31-14-18(2)35-19(3)15-31/h7-8,13,18-20H,4-6,9-12,14-16H2,1-3H3/t18-,19+. The number of rotatable bonds is 5. The van der Waals surface area contributed by atoms with Gasteiger partial charge in [0.2, 0.25) is 5.91 Å². The molecular weight excluding hydrogens is 463 g/mol. The van der Waals surface area contributed by atoms with Crippen molar-refractivity contribution in [2.24, 2.45) is 0 Å². The van der Waals surface area contributed by atoms with Crippen LogP contribution in [0.2, 0.25) is 0 Å². The summed E-state index contributed by atoms with van der Waals surface area (Å²) >= 11 is 0. The summed E-state index contributed by atoms with van der Waals surface area (Å²) in [7, 11) is 0. The second-order valence-corrected chi connectivity index (χ2v) is 10.4. The summed E-state index contributed by atoms with van der Waals surface area (Å²) in [5, 5.41) is 4.65. The summed E-state index contributed by atoms with van der Waals surface area (Å²) in [5.74, 6) is -0.172. The Morgan fingerprint density at radius 2 is 1.83 bits per heavy atom. The Morgan fingerprint density at radius 1 is 1.11 bits per heavy atom. The first kappa shape index (κ1) is 24.7. The number of halogens is 1. The first-order valence-corrected chi connectivity index (χ1v) is 13.0. The Labute approximate surface area is 211 Å². The summed E-state index contributed by atoms with van der Waals surface area (Å²) < 4.78 is 27.5. The van der Waals surface area contributed by atoms with Crippen LogP contribution in [0.3, 0.4) is 0 Å². The Morgan fingerprint density at radius 3 is 2.56 bits per heavy atom. The molecule has 8 nitrogen and oxygen atoms in total. The van der Waals surface area contributed by atoms with Crippen molar-refractivity contribution in [3.05, 3.63) is 46.5 Å². The molecule has 9 heteroatoms. The molecule has 2 aliphatic heterocycles. The lowest BCUT2D eigenvalue weighted by atomic mass is 10.1. The van der Waals surface area contributed by atoms with Gasteiger partial charge >= 0.3 is 0 Å². The highest BCUT2D eigenvalue weighted by Crippen LogP contribution is 2.28. The molecule has 5 rings (SSSR count). The number of amides is 2. The number of nitrogens with zero attached hydrogens (tertiary/aromatic N) is 4. The highest BCUT2D eigenvalue weighted by atomic mass is 19.1. The molecule has 1 aromatic heterocycles. The smallest absolute Gasteiger partial charge is 0.274 e. The zero-order valence-electron chi connectivity index (χ0n) is 21.3. The summed E-state index contributed by atoms with van der Waals surface area (Å²) in [6.45, 7) is 8.18. The lowest BCUT2D eigenvalue weighted by Crippen LogP contribution is -2.48. The number of fused-ring (bicyclic) bond motifs is 1. The van der Waals surface area contributed by atoms with E-state index < -0.39 is 0 Å². The number of likely N-dealkylation sites (tertiary alicyclic amines) is 1. The zero-order chi connectivity index (χ0) is 25.4. The van der Waals surface area contributed by atoms with Gasteiger partial charge in [0.15, 0.2) is 17.3 Å². The average Bonchev–Trinajstić information content (AvgIpc) is 3.45. The lowest BCUT2D eigenvalue weighted by molar-refractivity contribution is -0.133. The van der Waals surface area contributed by atoms with Crippen LogP contribution in [0.5, 0.6) is 5.75 Å². The molecule has 0 N–H and O–H groups in total. The fourth-order valence-corrected chi connectivity index (χ4v) is 5.64. The first-order valence-electron chi connectivity index (χ1n) is 13.0. The van der Waals surface area contributed by atoms with Crippen LogP contribution in [0.4, 0.5) is 4.39 Å². The highest BCUT2D eigenvalue weighted by Gasteiger charge is 2.33. The van der Waals surface area contributed by atoms with Crippen molar-refractivity contribution in [1.29, 1.82) is 0 Å². The molecule has 0 unspecified atom stereocenters. The molecule has 0 bridgehead atoms. The minimum absolute atomic E-state index is 0.0104. The Bertz CT molecular complexity index is 1130. The molecule has 3 heterocycles. The van der Waals surface area contributed by atoms with Crippen molar-refractivity contribution in [3.8, 4) is 5.75 Å². The highest BCUT2D eigenvalue weighted by molar-refractivity contribution is 5.94. The van der Waals surface area contributed by atoms with Crippen molar-refractivity contribution in [1.82, 2.24) is 19.6 Å². The largest absolute Gasteiger partial charge is 0.487 e. The van der Waals surface area contributed by atoms with E-state index in [1.807, 2.05) is 30.6 Å². The number of benzene rings is 1. The number of hydrogen-bond acceptors (Lipinski definition) is 5. The van der Waals surface area contributed by atoms with Gasteiger partial charge in [0, 0.05) is 50.3 Å². The summed E-state index contributed by atoms with van der Waals surface area (Å²) in [6.07, 6.45) is 3.76.